The smallest absolute Gasteiger partial charge is 0.311 e. The highest BCUT2D eigenvalue weighted by Gasteiger charge is 2.40. The predicted molar refractivity (Wildman–Crippen MR) is 78.5 cm³/mol. The zero-order valence-corrected chi connectivity index (χ0v) is 12.9. The van der Waals surface area contributed by atoms with E-state index in [-0.39, 0.29) is 12.5 Å². The number of carboxylic acids is 1. The number of rotatable bonds is 6. The van der Waals surface area contributed by atoms with Crippen LogP contribution >= 0.6 is 0 Å². The van der Waals surface area contributed by atoms with Crippen molar-refractivity contribution in [3.63, 3.8) is 0 Å². The second-order valence-corrected chi connectivity index (χ2v) is 6.34. The topological polar surface area (TPSA) is 78.4 Å². The van der Waals surface area contributed by atoms with Gasteiger partial charge in [0.15, 0.2) is 0 Å². The number of carboxylic acid groups (broad SMARTS) is 1. The summed E-state index contributed by atoms with van der Waals surface area (Å²) in [5, 5.41) is 15.5. The Morgan fingerprint density at radius 3 is 2.15 bits per heavy atom. The van der Waals surface area contributed by atoms with Crippen molar-refractivity contribution >= 4 is 11.9 Å². The monoisotopic (exact) mass is 284 g/mol. The molecule has 116 valence electrons. The van der Waals surface area contributed by atoms with Crippen LogP contribution in [0, 0.1) is 5.41 Å². The van der Waals surface area contributed by atoms with Gasteiger partial charge in [0.1, 0.15) is 0 Å². The van der Waals surface area contributed by atoms with Crippen LogP contribution < -0.4 is 10.6 Å². The third-order valence-corrected chi connectivity index (χ3v) is 4.29. The Morgan fingerprint density at radius 2 is 1.70 bits per heavy atom. The number of hydrogen-bond acceptors (Lipinski definition) is 3. The third kappa shape index (κ3) is 4.20. The first-order valence-corrected chi connectivity index (χ1v) is 7.61. The van der Waals surface area contributed by atoms with Crippen LogP contribution in [-0.4, -0.2) is 35.6 Å². The highest BCUT2D eigenvalue weighted by atomic mass is 16.4. The molecule has 0 bridgehead atoms. The number of carbonyl (C=O) groups excluding carboxylic acids is 1. The number of nitrogens with one attached hydrogen (secondary N) is 2. The lowest BCUT2D eigenvalue weighted by atomic mass is 9.80. The molecule has 5 heteroatoms. The summed E-state index contributed by atoms with van der Waals surface area (Å²) in [5.41, 5.74) is -1.45. The predicted octanol–water partition coefficient (Wildman–Crippen LogP) is 1.92. The summed E-state index contributed by atoms with van der Waals surface area (Å²) >= 11 is 0. The van der Waals surface area contributed by atoms with E-state index in [1.807, 2.05) is 20.8 Å². The zero-order valence-electron chi connectivity index (χ0n) is 12.9. The summed E-state index contributed by atoms with van der Waals surface area (Å²) in [5.74, 6) is -0.912. The van der Waals surface area contributed by atoms with Crippen molar-refractivity contribution in [1.82, 2.24) is 10.6 Å². The largest absolute Gasteiger partial charge is 0.481 e. The summed E-state index contributed by atoms with van der Waals surface area (Å²) in [6, 6.07) is 0. The van der Waals surface area contributed by atoms with E-state index in [4.69, 9.17) is 0 Å². The second kappa shape index (κ2) is 7.07. The Kier molecular flexibility index (Phi) is 5.99. The molecule has 0 aliphatic heterocycles. The number of hydrogen-bond donors (Lipinski definition) is 3. The molecule has 0 radical (unpaired) electrons. The lowest BCUT2D eigenvalue weighted by Crippen LogP contribution is -2.55. The molecule has 1 aliphatic carbocycles. The minimum absolute atomic E-state index is 0.135. The Balaban J connectivity index is 2.67. The molecule has 0 heterocycles. The van der Waals surface area contributed by atoms with E-state index in [1.165, 1.54) is 0 Å². The van der Waals surface area contributed by atoms with Gasteiger partial charge in [-0.15, -0.1) is 0 Å². The minimum atomic E-state index is -0.783. The first-order chi connectivity index (χ1) is 9.34. The molecule has 0 aromatic carbocycles. The lowest BCUT2D eigenvalue weighted by Gasteiger charge is -2.31. The Hall–Kier alpha value is -1.10. The molecular weight excluding hydrogens is 256 g/mol. The summed E-state index contributed by atoms with van der Waals surface area (Å²) in [7, 11) is 0. The zero-order chi connectivity index (χ0) is 15.2. The van der Waals surface area contributed by atoms with Crippen LogP contribution in [0.15, 0.2) is 0 Å². The van der Waals surface area contributed by atoms with E-state index in [0.29, 0.717) is 19.4 Å². The molecule has 5 nitrogen and oxygen atoms in total. The molecule has 0 aromatic rings. The van der Waals surface area contributed by atoms with Gasteiger partial charge in [0, 0.05) is 6.54 Å². The van der Waals surface area contributed by atoms with Crippen LogP contribution in [0.1, 0.15) is 59.3 Å². The van der Waals surface area contributed by atoms with Crippen molar-refractivity contribution in [2.24, 2.45) is 5.41 Å². The molecule has 1 aliphatic rings. The first-order valence-electron chi connectivity index (χ1n) is 7.61. The number of aliphatic carboxylic acids is 1. The Morgan fingerprint density at radius 1 is 1.15 bits per heavy atom. The van der Waals surface area contributed by atoms with E-state index in [0.717, 1.165) is 25.7 Å². The van der Waals surface area contributed by atoms with Gasteiger partial charge >= 0.3 is 5.97 Å². The quantitative estimate of drug-likeness (QED) is 0.651. The van der Waals surface area contributed by atoms with E-state index >= 15 is 0 Å². The Labute approximate surface area is 121 Å². The van der Waals surface area contributed by atoms with Gasteiger partial charge in [-0.05, 0) is 33.2 Å². The van der Waals surface area contributed by atoms with Crippen LogP contribution in [0.4, 0.5) is 0 Å². The second-order valence-electron chi connectivity index (χ2n) is 6.34. The van der Waals surface area contributed by atoms with Crippen molar-refractivity contribution in [2.75, 3.05) is 13.1 Å². The summed E-state index contributed by atoms with van der Waals surface area (Å²) in [6.45, 7) is 6.50. The van der Waals surface area contributed by atoms with Crippen molar-refractivity contribution in [2.45, 2.75) is 64.8 Å². The van der Waals surface area contributed by atoms with Gasteiger partial charge in [-0.1, -0.05) is 32.6 Å². The van der Waals surface area contributed by atoms with Crippen LogP contribution in [0.5, 0.6) is 0 Å². The molecule has 0 spiro atoms. The van der Waals surface area contributed by atoms with Crippen molar-refractivity contribution < 1.29 is 14.7 Å². The minimum Gasteiger partial charge on any atom is -0.481 e. The SMILES string of the molecule is CCNC(C)(C)C(=O)NCC1(C(=O)O)CCCCCC1. The standard InChI is InChI=1S/C15H28N2O3/c1-4-17-14(2,3)12(18)16-11-15(13(19)20)9-7-5-6-8-10-15/h17H,4-11H2,1-3H3,(H,16,18)(H,19,20). The summed E-state index contributed by atoms with van der Waals surface area (Å²) in [6.07, 6.45) is 5.35. The van der Waals surface area contributed by atoms with Crippen LogP contribution in [0.2, 0.25) is 0 Å². The van der Waals surface area contributed by atoms with Crippen LogP contribution in [0.25, 0.3) is 0 Å². The summed E-state index contributed by atoms with van der Waals surface area (Å²) in [4.78, 5) is 23.8. The molecule has 3 N–H and O–H groups in total. The Bertz CT molecular complexity index is 345. The average molecular weight is 284 g/mol. The fourth-order valence-corrected chi connectivity index (χ4v) is 2.86. The van der Waals surface area contributed by atoms with Gasteiger partial charge in [-0.25, -0.2) is 0 Å². The van der Waals surface area contributed by atoms with Crippen molar-refractivity contribution in [3.8, 4) is 0 Å². The van der Waals surface area contributed by atoms with Gasteiger partial charge in [0.2, 0.25) is 5.91 Å². The van der Waals surface area contributed by atoms with E-state index in [2.05, 4.69) is 10.6 Å². The number of likely N-dealkylation sites (N-methyl/N-ethyl adjacent to an activating group) is 1. The third-order valence-electron chi connectivity index (χ3n) is 4.29. The fraction of sp³-hybridized carbons (Fsp3) is 0.867. The molecule has 0 saturated heterocycles. The summed E-state index contributed by atoms with van der Waals surface area (Å²) < 4.78 is 0. The van der Waals surface area contributed by atoms with Crippen molar-refractivity contribution in [3.05, 3.63) is 0 Å². The molecular formula is C15H28N2O3. The first kappa shape index (κ1) is 17.0. The molecule has 0 aromatic heterocycles. The maximum atomic E-state index is 12.2. The average Bonchev–Trinajstić information content (AvgIpc) is 2.62. The van der Waals surface area contributed by atoms with Gasteiger partial charge in [0.25, 0.3) is 0 Å². The highest BCUT2D eigenvalue weighted by molar-refractivity contribution is 5.86. The molecule has 1 saturated carbocycles. The van der Waals surface area contributed by atoms with Crippen molar-refractivity contribution in [1.29, 1.82) is 0 Å². The number of amides is 1. The highest BCUT2D eigenvalue weighted by Crippen LogP contribution is 2.34. The van der Waals surface area contributed by atoms with Crippen LogP contribution in [-0.2, 0) is 9.59 Å². The fourth-order valence-electron chi connectivity index (χ4n) is 2.86. The molecule has 1 amide bonds. The lowest BCUT2D eigenvalue weighted by molar-refractivity contribution is -0.150. The normalized spacial score (nSPS) is 19.1. The molecule has 0 atom stereocenters. The van der Waals surface area contributed by atoms with Gasteiger partial charge in [0.05, 0.1) is 11.0 Å². The van der Waals surface area contributed by atoms with E-state index < -0.39 is 16.9 Å². The maximum Gasteiger partial charge on any atom is 0.311 e. The number of carbonyl (C=O) groups is 2. The van der Waals surface area contributed by atoms with Gasteiger partial charge in [-0.3, -0.25) is 9.59 Å². The van der Waals surface area contributed by atoms with E-state index in [1.54, 1.807) is 0 Å². The van der Waals surface area contributed by atoms with Gasteiger partial charge in [-0.2, -0.15) is 0 Å². The molecule has 0 unspecified atom stereocenters. The molecule has 1 rings (SSSR count). The van der Waals surface area contributed by atoms with E-state index in [9.17, 15) is 14.7 Å². The van der Waals surface area contributed by atoms with Gasteiger partial charge < -0.3 is 15.7 Å². The van der Waals surface area contributed by atoms with Crippen LogP contribution in [0.3, 0.4) is 0 Å². The maximum absolute atomic E-state index is 12.2. The molecule has 1 fully saturated rings. The molecule has 20 heavy (non-hydrogen) atoms.